The van der Waals surface area contributed by atoms with Crippen molar-refractivity contribution in [1.82, 2.24) is 4.90 Å². The first-order valence-corrected chi connectivity index (χ1v) is 7.47. The van der Waals surface area contributed by atoms with Crippen molar-refractivity contribution >= 4 is 11.7 Å². The molecule has 3 N–H and O–H groups in total. The first kappa shape index (κ1) is 15.8. The van der Waals surface area contributed by atoms with Gasteiger partial charge in [0.05, 0.1) is 5.54 Å². The largest absolute Gasteiger partial charge is 0.328 e. The van der Waals surface area contributed by atoms with Crippen LogP contribution in [0.1, 0.15) is 32.6 Å². The molecular weight excluding hydrogens is 269 g/mol. The van der Waals surface area contributed by atoms with Crippen LogP contribution in [-0.2, 0) is 0 Å². The van der Waals surface area contributed by atoms with E-state index in [1.54, 1.807) is 24.1 Å². The van der Waals surface area contributed by atoms with Gasteiger partial charge in [-0.15, -0.1) is 0 Å². The minimum absolute atomic E-state index is 0.193. The van der Waals surface area contributed by atoms with Gasteiger partial charge < -0.3 is 16.0 Å². The van der Waals surface area contributed by atoms with E-state index in [0.29, 0.717) is 18.2 Å². The summed E-state index contributed by atoms with van der Waals surface area (Å²) in [5.41, 5.74) is 6.28. The lowest BCUT2D eigenvalue weighted by molar-refractivity contribution is 0.0968. The minimum Gasteiger partial charge on any atom is -0.328 e. The van der Waals surface area contributed by atoms with Crippen molar-refractivity contribution in [2.45, 2.75) is 38.1 Å². The van der Waals surface area contributed by atoms with Crippen molar-refractivity contribution in [2.75, 3.05) is 18.9 Å². The second-order valence-corrected chi connectivity index (χ2v) is 6.11. The molecule has 0 unspecified atom stereocenters. The fraction of sp³-hybridized carbons (Fsp3) is 0.562. The topological polar surface area (TPSA) is 58.4 Å². The Morgan fingerprint density at radius 1 is 1.38 bits per heavy atom. The van der Waals surface area contributed by atoms with Crippen molar-refractivity contribution in [3.05, 3.63) is 30.1 Å². The second kappa shape index (κ2) is 6.43. The molecule has 5 heteroatoms. The van der Waals surface area contributed by atoms with Crippen LogP contribution in [0.4, 0.5) is 14.9 Å². The summed E-state index contributed by atoms with van der Waals surface area (Å²) in [7, 11) is 1.79. The summed E-state index contributed by atoms with van der Waals surface area (Å²) in [6.07, 6.45) is 4.03. The maximum Gasteiger partial charge on any atom is 0.322 e. The van der Waals surface area contributed by atoms with Crippen LogP contribution < -0.4 is 11.1 Å². The molecule has 0 heterocycles. The Bertz CT molecular complexity index is 481. The van der Waals surface area contributed by atoms with E-state index in [1.807, 2.05) is 0 Å². The zero-order valence-corrected chi connectivity index (χ0v) is 12.7. The van der Waals surface area contributed by atoms with Crippen LogP contribution in [0.5, 0.6) is 0 Å². The Kier molecular flexibility index (Phi) is 4.83. The van der Waals surface area contributed by atoms with Gasteiger partial charge in [0, 0.05) is 19.3 Å². The Labute approximate surface area is 125 Å². The van der Waals surface area contributed by atoms with Gasteiger partial charge in [0.15, 0.2) is 0 Å². The molecule has 0 atom stereocenters. The van der Waals surface area contributed by atoms with Crippen LogP contribution in [-0.4, -0.2) is 30.1 Å². The highest BCUT2D eigenvalue weighted by Crippen LogP contribution is 2.35. The van der Waals surface area contributed by atoms with Crippen LogP contribution in [0.2, 0.25) is 0 Å². The van der Waals surface area contributed by atoms with Gasteiger partial charge in [0.1, 0.15) is 5.82 Å². The molecule has 1 aliphatic carbocycles. The van der Waals surface area contributed by atoms with E-state index in [-0.39, 0.29) is 17.4 Å². The molecular formula is C16H24FN3O. The Morgan fingerprint density at radius 2 is 1.95 bits per heavy atom. The number of nitrogens with one attached hydrogen (secondary N) is 1. The number of benzene rings is 1. The van der Waals surface area contributed by atoms with E-state index in [1.165, 1.54) is 12.1 Å². The molecule has 21 heavy (non-hydrogen) atoms. The minimum atomic E-state index is -0.318. The molecule has 1 aliphatic rings. The number of halogens is 1. The normalized spacial score (nSPS) is 25.4. The Balaban J connectivity index is 2.05. The molecule has 1 aromatic rings. The molecule has 1 saturated carbocycles. The molecule has 2 amide bonds. The zero-order valence-electron chi connectivity index (χ0n) is 12.7. The van der Waals surface area contributed by atoms with Crippen LogP contribution in [0.3, 0.4) is 0 Å². The summed E-state index contributed by atoms with van der Waals surface area (Å²) in [4.78, 5) is 14.1. The number of carbonyl (C=O) groups excluding carboxylic acids is 1. The summed E-state index contributed by atoms with van der Waals surface area (Å²) >= 11 is 0. The Morgan fingerprint density at radius 3 is 2.48 bits per heavy atom. The van der Waals surface area contributed by atoms with Crippen molar-refractivity contribution in [2.24, 2.45) is 11.7 Å². The van der Waals surface area contributed by atoms with Crippen molar-refractivity contribution in [1.29, 1.82) is 0 Å². The second-order valence-electron chi connectivity index (χ2n) is 6.11. The molecule has 0 aromatic heterocycles. The van der Waals surface area contributed by atoms with E-state index < -0.39 is 0 Å². The van der Waals surface area contributed by atoms with E-state index in [0.717, 1.165) is 25.7 Å². The summed E-state index contributed by atoms with van der Waals surface area (Å²) < 4.78 is 12.9. The van der Waals surface area contributed by atoms with Gasteiger partial charge in [0.2, 0.25) is 0 Å². The third-order valence-corrected chi connectivity index (χ3v) is 4.70. The number of urea groups is 1. The van der Waals surface area contributed by atoms with Crippen molar-refractivity contribution in [3.8, 4) is 0 Å². The standard InChI is InChI=1S/C16H24FN3O/c1-12-7-9-16(11-18,10-8-12)20(2)15(21)19-14-5-3-13(17)4-6-14/h3-6,12H,7-11,18H2,1-2H3,(H,19,21). The fourth-order valence-electron chi connectivity index (χ4n) is 2.93. The fourth-order valence-corrected chi connectivity index (χ4v) is 2.93. The maximum atomic E-state index is 12.9. The average Bonchev–Trinajstić information content (AvgIpc) is 2.50. The highest BCUT2D eigenvalue weighted by atomic mass is 19.1. The number of likely N-dealkylation sites (N-methyl/N-ethyl adjacent to an activating group) is 1. The van der Waals surface area contributed by atoms with E-state index in [9.17, 15) is 9.18 Å². The van der Waals surface area contributed by atoms with Gasteiger partial charge in [0.25, 0.3) is 0 Å². The molecule has 4 nitrogen and oxygen atoms in total. The highest BCUT2D eigenvalue weighted by Gasteiger charge is 2.39. The van der Waals surface area contributed by atoms with E-state index in [2.05, 4.69) is 12.2 Å². The van der Waals surface area contributed by atoms with Gasteiger partial charge in [-0.1, -0.05) is 6.92 Å². The molecule has 0 bridgehead atoms. The number of rotatable bonds is 3. The third kappa shape index (κ3) is 3.53. The molecule has 1 aromatic carbocycles. The van der Waals surface area contributed by atoms with Crippen molar-refractivity contribution in [3.63, 3.8) is 0 Å². The molecule has 0 radical (unpaired) electrons. The predicted octanol–water partition coefficient (Wildman–Crippen LogP) is 3.20. The van der Waals surface area contributed by atoms with Crippen LogP contribution >= 0.6 is 0 Å². The predicted molar refractivity (Wildman–Crippen MR) is 82.6 cm³/mol. The number of hydrogen-bond donors (Lipinski definition) is 2. The molecule has 1 fully saturated rings. The van der Waals surface area contributed by atoms with Gasteiger partial charge in [-0.3, -0.25) is 0 Å². The van der Waals surface area contributed by atoms with Gasteiger partial charge in [-0.05, 0) is 55.9 Å². The first-order chi connectivity index (χ1) is 9.97. The summed E-state index contributed by atoms with van der Waals surface area (Å²) in [5, 5.41) is 2.80. The van der Waals surface area contributed by atoms with Crippen molar-refractivity contribution < 1.29 is 9.18 Å². The average molecular weight is 293 g/mol. The summed E-state index contributed by atoms with van der Waals surface area (Å²) in [6.45, 7) is 2.70. The number of hydrogen-bond acceptors (Lipinski definition) is 2. The van der Waals surface area contributed by atoms with E-state index in [4.69, 9.17) is 5.73 Å². The molecule has 0 saturated heterocycles. The molecule has 0 spiro atoms. The number of amides is 2. The number of anilines is 1. The lowest BCUT2D eigenvalue weighted by Gasteiger charge is -2.45. The highest BCUT2D eigenvalue weighted by molar-refractivity contribution is 5.89. The third-order valence-electron chi connectivity index (χ3n) is 4.70. The smallest absolute Gasteiger partial charge is 0.322 e. The van der Waals surface area contributed by atoms with E-state index >= 15 is 0 Å². The quantitative estimate of drug-likeness (QED) is 0.899. The number of carbonyl (C=O) groups is 1. The van der Waals surface area contributed by atoms with Gasteiger partial charge in [-0.25, -0.2) is 9.18 Å². The summed E-state index contributed by atoms with van der Waals surface area (Å²) in [5.74, 6) is 0.374. The van der Waals surface area contributed by atoms with Gasteiger partial charge >= 0.3 is 6.03 Å². The molecule has 116 valence electrons. The number of nitrogens with two attached hydrogens (primary N) is 1. The maximum absolute atomic E-state index is 12.9. The lowest BCUT2D eigenvalue weighted by Crippen LogP contribution is -2.57. The van der Waals surface area contributed by atoms with Crippen LogP contribution in [0.25, 0.3) is 0 Å². The summed E-state index contributed by atoms with van der Waals surface area (Å²) in [6, 6.07) is 5.58. The van der Waals surface area contributed by atoms with Gasteiger partial charge in [-0.2, -0.15) is 0 Å². The lowest BCUT2D eigenvalue weighted by atomic mass is 9.76. The Hall–Kier alpha value is -1.62. The van der Waals surface area contributed by atoms with Crippen LogP contribution in [0.15, 0.2) is 24.3 Å². The SMILES string of the molecule is CC1CCC(CN)(N(C)C(=O)Nc2ccc(F)cc2)CC1. The van der Waals surface area contributed by atoms with Crippen LogP contribution in [0, 0.1) is 11.7 Å². The molecule has 2 rings (SSSR count). The monoisotopic (exact) mass is 293 g/mol. The zero-order chi connectivity index (χ0) is 15.5. The first-order valence-electron chi connectivity index (χ1n) is 7.47. The molecule has 0 aliphatic heterocycles. The number of nitrogens with zero attached hydrogens (tertiary/aromatic N) is 1.